The number of carbonyl (C=O) groups excluding carboxylic acids is 1. The van der Waals surface area contributed by atoms with E-state index in [4.69, 9.17) is 10.2 Å². The number of aryl methyl sites for hydroxylation is 2. The molecule has 0 fully saturated rings. The van der Waals surface area contributed by atoms with Crippen LogP contribution in [0.25, 0.3) is 17.1 Å². The second-order valence-corrected chi connectivity index (χ2v) is 5.34. The van der Waals surface area contributed by atoms with Crippen LogP contribution in [0.3, 0.4) is 0 Å². The van der Waals surface area contributed by atoms with E-state index < -0.39 is 5.91 Å². The van der Waals surface area contributed by atoms with Gasteiger partial charge in [-0.3, -0.25) is 10.0 Å². The van der Waals surface area contributed by atoms with Gasteiger partial charge in [0.15, 0.2) is 0 Å². The van der Waals surface area contributed by atoms with Crippen molar-refractivity contribution >= 4 is 23.0 Å². The average Bonchev–Trinajstić information content (AvgIpc) is 2.88. The number of amides is 1. The number of hydroxylamine groups is 1. The quantitative estimate of drug-likeness (QED) is 0.468. The van der Waals surface area contributed by atoms with E-state index in [-0.39, 0.29) is 0 Å². The van der Waals surface area contributed by atoms with Gasteiger partial charge >= 0.3 is 0 Å². The highest BCUT2D eigenvalue weighted by atomic mass is 16.5. The molecule has 5 nitrogen and oxygen atoms in total. The van der Waals surface area contributed by atoms with E-state index in [1.807, 2.05) is 18.2 Å². The molecule has 2 rings (SSSR count). The topological polar surface area (TPSA) is 67.2 Å². The molecular weight excluding hydrogens is 278 g/mol. The number of rotatable bonds is 7. The number of benzene rings is 1. The fourth-order valence-corrected chi connectivity index (χ4v) is 2.51. The maximum Gasteiger partial charge on any atom is 0.267 e. The highest BCUT2D eigenvalue weighted by molar-refractivity contribution is 5.91. The normalized spacial score (nSPS) is 11.4. The van der Waals surface area contributed by atoms with Gasteiger partial charge in [-0.1, -0.05) is 26.3 Å². The van der Waals surface area contributed by atoms with Gasteiger partial charge in [0.05, 0.1) is 11.0 Å². The molecule has 22 heavy (non-hydrogen) atoms. The van der Waals surface area contributed by atoms with Crippen LogP contribution in [0.1, 0.15) is 44.5 Å². The minimum absolute atomic E-state index is 0.541. The fourth-order valence-electron chi connectivity index (χ4n) is 2.51. The van der Waals surface area contributed by atoms with E-state index in [2.05, 4.69) is 18.4 Å². The van der Waals surface area contributed by atoms with Crippen LogP contribution in [0.4, 0.5) is 0 Å². The van der Waals surface area contributed by atoms with E-state index >= 15 is 0 Å². The van der Waals surface area contributed by atoms with Gasteiger partial charge in [-0.2, -0.15) is 0 Å². The van der Waals surface area contributed by atoms with E-state index in [1.165, 1.54) is 6.08 Å². The van der Waals surface area contributed by atoms with Gasteiger partial charge in [0, 0.05) is 19.0 Å². The number of hydrogen-bond donors (Lipinski definition) is 2. The molecule has 0 atom stereocenters. The zero-order valence-corrected chi connectivity index (χ0v) is 13.2. The van der Waals surface area contributed by atoms with Gasteiger partial charge < -0.3 is 4.57 Å². The van der Waals surface area contributed by atoms with Crippen molar-refractivity contribution in [2.45, 2.75) is 46.1 Å². The first-order valence-electron chi connectivity index (χ1n) is 7.80. The Morgan fingerprint density at radius 3 is 2.86 bits per heavy atom. The summed E-state index contributed by atoms with van der Waals surface area (Å²) in [6.07, 6.45) is 7.31. The third-order valence-electron chi connectivity index (χ3n) is 3.59. The number of fused-ring (bicyclic) bond motifs is 1. The third kappa shape index (κ3) is 3.74. The smallest absolute Gasteiger partial charge is 0.267 e. The zero-order chi connectivity index (χ0) is 15.9. The van der Waals surface area contributed by atoms with Crippen molar-refractivity contribution in [1.29, 1.82) is 0 Å². The molecule has 0 aliphatic rings. The third-order valence-corrected chi connectivity index (χ3v) is 3.59. The molecule has 1 aromatic carbocycles. The number of aromatic nitrogens is 2. The molecule has 2 aromatic rings. The molecule has 0 unspecified atom stereocenters. The van der Waals surface area contributed by atoms with Gasteiger partial charge in [-0.15, -0.1) is 0 Å². The molecule has 0 aliphatic carbocycles. The minimum Gasteiger partial charge on any atom is -0.328 e. The summed E-state index contributed by atoms with van der Waals surface area (Å²) in [4.78, 5) is 15.8. The summed E-state index contributed by atoms with van der Waals surface area (Å²) in [5, 5.41) is 8.50. The fraction of sp³-hybridized carbons (Fsp3) is 0.412. The van der Waals surface area contributed by atoms with E-state index in [1.54, 1.807) is 11.6 Å². The Morgan fingerprint density at radius 1 is 1.36 bits per heavy atom. The molecule has 0 bridgehead atoms. The van der Waals surface area contributed by atoms with E-state index in [9.17, 15) is 4.79 Å². The zero-order valence-electron chi connectivity index (χ0n) is 13.2. The first-order valence-corrected chi connectivity index (χ1v) is 7.80. The van der Waals surface area contributed by atoms with Gasteiger partial charge in [0.2, 0.25) is 0 Å². The van der Waals surface area contributed by atoms with Crippen molar-refractivity contribution in [1.82, 2.24) is 15.0 Å². The molecule has 1 amide bonds. The Labute approximate surface area is 130 Å². The summed E-state index contributed by atoms with van der Waals surface area (Å²) in [7, 11) is 0. The molecule has 0 aliphatic heterocycles. The largest absolute Gasteiger partial charge is 0.328 e. The second-order valence-electron chi connectivity index (χ2n) is 5.34. The highest BCUT2D eigenvalue weighted by Gasteiger charge is 2.10. The molecule has 0 radical (unpaired) electrons. The molecule has 1 heterocycles. The Bertz CT molecular complexity index is 674. The van der Waals surface area contributed by atoms with Crippen LogP contribution in [0, 0.1) is 0 Å². The number of hydrogen-bond acceptors (Lipinski definition) is 3. The van der Waals surface area contributed by atoms with Crippen molar-refractivity contribution in [3.63, 3.8) is 0 Å². The second kappa shape index (κ2) is 7.75. The average molecular weight is 301 g/mol. The van der Waals surface area contributed by atoms with Crippen molar-refractivity contribution in [2.75, 3.05) is 0 Å². The van der Waals surface area contributed by atoms with Crippen molar-refractivity contribution < 1.29 is 10.0 Å². The SMILES string of the molecule is CCCCc1nc2cc(/C=C/C(=O)NO)ccc2n1CCC. The number of carbonyl (C=O) groups is 1. The summed E-state index contributed by atoms with van der Waals surface area (Å²) in [5.74, 6) is 0.591. The number of unbranched alkanes of at least 4 members (excludes halogenated alkanes) is 1. The van der Waals surface area contributed by atoms with Crippen LogP contribution in [0.15, 0.2) is 24.3 Å². The summed E-state index contributed by atoms with van der Waals surface area (Å²) in [6.45, 7) is 5.32. The number of nitrogens with one attached hydrogen (secondary N) is 1. The van der Waals surface area contributed by atoms with Gasteiger partial charge in [-0.05, 0) is 36.6 Å². The molecule has 0 saturated carbocycles. The molecule has 1 aromatic heterocycles. The number of nitrogens with zero attached hydrogens (tertiary/aromatic N) is 2. The predicted octanol–water partition coefficient (Wildman–Crippen LogP) is 3.31. The van der Waals surface area contributed by atoms with Crippen LogP contribution in [0.2, 0.25) is 0 Å². The molecule has 2 N–H and O–H groups in total. The molecular formula is C17H23N3O2. The Morgan fingerprint density at radius 2 is 2.18 bits per heavy atom. The van der Waals surface area contributed by atoms with Crippen LogP contribution in [0.5, 0.6) is 0 Å². The van der Waals surface area contributed by atoms with Crippen LogP contribution in [-0.2, 0) is 17.8 Å². The van der Waals surface area contributed by atoms with Crippen LogP contribution < -0.4 is 5.48 Å². The lowest BCUT2D eigenvalue weighted by Gasteiger charge is -2.07. The molecule has 0 saturated heterocycles. The highest BCUT2D eigenvalue weighted by Crippen LogP contribution is 2.20. The van der Waals surface area contributed by atoms with E-state index in [0.29, 0.717) is 0 Å². The first-order chi connectivity index (χ1) is 10.7. The Kier molecular flexibility index (Phi) is 5.72. The van der Waals surface area contributed by atoms with Crippen LogP contribution >= 0.6 is 0 Å². The number of imidazole rings is 1. The summed E-state index contributed by atoms with van der Waals surface area (Å²) < 4.78 is 2.29. The van der Waals surface area contributed by atoms with Gasteiger partial charge in [-0.25, -0.2) is 10.5 Å². The minimum atomic E-state index is -0.541. The first kappa shape index (κ1) is 16.2. The van der Waals surface area contributed by atoms with Crippen molar-refractivity contribution in [3.05, 3.63) is 35.7 Å². The van der Waals surface area contributed by atoms with Crippen molar-refractivity contribution in [2.24, 2.45) is 0 Å². The Hall–Kier alpha value is -2.14. The van der Waals surface area contributed by atoms with E-state index in [0.717, 1.165) is 54.6 Å². The summed E-state index contributed by atoms with van der Waals surface area (Å²) >= 11 is 0. The summed E-state index contributed by atoms with van der Waals surface area (Å²) in [6, 6.07) is 5.98. The lowest BCUT2D eigenvalue weighted by atomic mass is 10.2. The lowest BCUT2D eigenvalue weighted by Crippen LogP contribution is -2.14. The van der Waals surface area contributed by atoms with Gasteiger partial charge in [0.25, 0.3) is 5.91 Å². The molecule has 118 valence electrons. The summed E-state index contributed by atoms with van der Waals surface area (Å²) in [5.41, 5.74) is 4.55. The lowest BCUT2D eigenvalue weighted by molar-refractivity contribution is -0.124. The standard InChI is InChI=1S/C17H23N3O2/c1-3-5-6-16-18-14-12-13(8-10-17(21)19-22)7-9-15(14)20(16)11-4-2/h7-10,12,22H,3-6,11H2,1-2H3,(H,19,21)/b10-8+. The monoisotopic (exact) mass is 301 g/mol. The molecule has 5 heteroatoms. The maximum atomic E-state index is 11.0. The molecule has 0 spiro atoms. The maximum absolute atomic E-state index is 11.0. The van der Waals surface area contributed by atoms with Gasteiger partial charge in [0.1, 0.15) is 5.82 Å². The Balaban J connectivity index is 2.36. The predicted molar refractivity (Wildman–Crippen MR) is 87.6 cm³/mol. The van der Waals surface area contributed by atoms with Crippen LogP contribution in [-0.4, -0.2) is 20.7 Å². The van der Waals surface area contributed by atoms with Crippen molar-refractivity contribution in [3.8, 4) is 0 Å².